The maximum Gasteiger partial charge on any atom is 0.394 e. The van der Waals surface area contributed by atoms with Crippen molar-refractivity contribution in [2.75, 3.05) is 38.3 Å². The number of aromatic nitrogens is 3. The van der Waals surface area contributed by atoms with Crippen LogP contribution < -0.4 is 24.4 Å². The van der Waals surface area contributed by atoms with Crippen LogP contribution in [0.2, 0.25) is 0 Å². The summed E-state index contributed by atoms with van der Waals surface area (Å²) in [7, 11) is 1.43. The van der Waals surface area contributed by atoms with Crippen molar-refractivity contribution in [1.29, 1.82) is 0 Å². The predicted molar refractivity (Wildman–Crippen MR) is 133 cm³/mol. The molecule has 0 spiro atoms. The first kappa shape index (κ1) is 28.3. The van der Waals surface area contributed by atoms with Crippen LogP contribution in [-0.4, -0.2) is 71.5 Å². The number of hydrogen-bond donors (Lipinski definition) is 2. The Morgan fingerprint density at radius 1 is 1.21 bits per heavy atom. The summed E-state index contributed by atoms with van der Waals surface area (Å²) in [6, 6.07) is 8.94. The number of ether oxygens (including phenoxy) is 3. The number of imidazole rings is 1. The van der Waals surface area contributed by atoms with E-state index in [1.54, 1.807) is 12.3 Å². The molecule has 0 aliphatic heterocycles. The molecule has 13 heteroatoms. The summed E-state index contributed by atoms with van der Waals surface area (Å²) < 4.78 is 43.7. The Labute approximate surface area is 218 Å². The Balaban J connectivity index is 1.77. The van der Waals surface area contributed by atoms with Crippen molar-refractivity contribution >= 4 is 18.1 Å². The van der Waals surface area contributed by atoms with Crippen LogP contribution in [0.1, 0.15) is 28.7 Å². The lowest BCUT2D eigenvalue weighted by molar-refractivity contribution is -0.159. The van der Waals surface area contributed by atoms with Gasteiger partial charge in [-0.3, -0.25) is 19.2 Å². The number of rotatable bonds is 13. The molecule has 0 aliphatic rings. The number of carbonyl (C=O) groups is 2. The molecule has 0 bridgehead atoms. The van der Waals surface area contributed by atoms with E-state index in [0.29, 0.717) is 19.0 Å². The number of alkyl halides is 2. The van der Waals surface area contributed by atoms with E-state index >= 15 is 0 Å². The molecule has 0 saturated carbocycles. The molecule has 204 valence electrons. The zero-order chi connectivity index (χ0) is 27.7. The van der Waals surface area contributed by atoms with Gasteiger partial charge in [-0.1, -0.05) is 12.1 Å². The molecular weight excluding hydrogens is 504 g/mol. The quantitative estimate of drug-likeness (QED) is 0.254. The number of aliphatic hydroxyl groups excluding tert-OH is 1. The van der Waals surface area contributed by atoms with Crippen LogP contribution in [0.15, 0.2) is 42.6 Å². The minimum atomic E-state index is -3.33. The van der Waals surface area contributed by atoms with E-state index in [0.717, 1.165) is 16.2 Å². The zero-order valence-corrected chi connectivity index (χ0v) is 21.2. The summed E-state index contributed by atoms with van der Waals surface area (Å²) in [5.74, 6) is 0.289. The molecule has 0 aliphatic carbocycles. The van der Waals surface area contributed by atoms with Gasteiger partial charge in [0, 0.05) is 38.5 Å². The largest absolute Gasteiger partial charge is 0.490 e. The highest BCUT2D eigenvalue weighted by atomic mass is 19.3. The summed E-state index contributed by atoms with van der Waals surface area (Å²) in [4.78, 5) is 34.3. The zero-order valence-electron chi connectivity index (χ0n) is 21.2. The average molecular weight is 534 g/mol. The van der Waals surface area contributed by atoms with Crippen molar-refractivity contribution in [3.63, 3.8) is 0 Å². The second-order valence-corrected chi connectivity index (χ2v) is 8.21. The lowest BCUT2D eigenvalue weighted by Crippen LogP contribution is -2.39. The maximum atomic E-state index is 13.1. The van der Waals surface area contributed by atoms with Crippen LogP contribution in [0, 0.1) is 6.92 Å². The molecule has 1 aromatic carbocycles. The van der Waals surface area contributed by atoms with Gasteiger partial charge in [0.2, 0.25) is 0 Å². The standard InChI is InChI=1S/C25H29F2N5O6/c1-17-7-8-18(14-29-17)15-32-21(16-34)22(31(3)23(35)28-9-10-33)30-24(32)37-12-11-36-19-5-4-6-20(13-19)38-25(2,26)27/h4-8,13-14,16,33H,9-12,15H2,1-3H3,(H,28,35). The van der Waals surface area contributed by atoms with Crippen molar-refractivity contribution < 1.29 is 37.7 Å². The number of halogens is 2. The number of nitrogens with one attached hydrogen (secondary N) is 1. The number of carbonyl (C=O) groups excluding carboxylic acids is 2. The second kappa shape index (κ2) is 12.8. The maximum absolute atomic E-state index is 13.1. The smallest absolute Gasteiger partial charge is 0.394 e. The summed E-state index contributed by atoms with van der Waals surface area (Å²) in [5, 5.41) is 11.5. The monoisotopic (exact) mass is 533 g/mol. The fraction of sp³-hybridized carbons (Fsp3) is 0.360. The third-order valence-corrected chi connectivity index (χ3v) is 5.07. The third kappa shape index (κ3) is 7.87. The van der Waals surface area contributed by atoms with E-state index in [1.165, 1.54) is 29.8 Å². The minimum Gasteiger partial charge on any atom is -0.490 e. The number of urea groups is 1. The van der Waals surface area contributed by atoms with Crippen molar-refractivity contribution in [3.05, 3.63) is 59.5 Å². The fourth-order valence-electron chi connectivity index (χ4n) is 3.34. The number of benzene rings is 1. The Morgan fingerprint density at radius 3 is 2.61 bits per heavy atom. The first-order valence-corrected chi connectivity index (χ1v) is 11.6. The summed E-state index contributed by atoms with van der Waals surface area (Å²) in [6.45, 7) is 2.44. The summed E-state index contributed by atoms with van der Waals surface area (Å²) >= 11 is 0. The lowest BCUT2D eigenvalue weighted by Gasteiger charge is -2.16. The van der Waals surface area contributed by atoms with Gasteiger partial charge in [-0.15, -0.1) is 0 Å². The number of amides is 2. The SMILES string of the molecule is Cc1ccc(Cn2c(OCCOc3cccc(OC(C)(F)F)c3)nc(N(C)C(=O)NCCO)c2C=O)cn1. The molecule has 0 saturated heterocycles. The molecule has 0 fully saturated rings. The van der Waals surface area contributed by atoms with E-state index in [4.69, 9.17) is 14.6 Å². The van der Waals surface area contributed by atoms with E-state index < -0.39 is 12.1 Å². The number of aliphatic hydroxyl groups is 1. The van der Waals surface area contributed by atoms with Gasteiger partial charge in [0.05, 0.1) is 13.2 Å². The molecular formula is C25H29F2N5O6. The van der Waals surface area contributed by atoms with Gasteiger partial charge < -0.3 is 24.6 Å². The Hall–Kier alpha value is -4.26. The topological polar surface area (TPSA) is 128 Å². The first-order chi connectivity index (χ1) is 18.1. The van der Waals surface area contributed by atoms with Crippen LogP contribution in [0.25, 0.3) is 0 Å². The molecule has 11 nitrogen and oxygen atoms in total. The highest BCUT2D eigenvalue weighted by Gasteiger charge is 2.25. The Bertz CT molecular complexity index is 1230. The number of pyridine rings is 1. The molecule has 3 aromatic rings. The molecule has 38 heavy (non-hydrogen) atoms. The number of hydrogen-bond acceptors (Lipinski definition) is 8. The number of anilines is 1. The predicted octanol–water partition coefficient (Wildman–Crippen LogP) is 3.03. The van der Waals surface area contributed by atoms with E-state index in [1.807, 2.05) is 19.1 Å². The summed E-state index contributed by atoms with van der Waals surface area (Å²) in [6.07, 6.45) is -1.11. The van der Waals surface area contributed by atoms with Gasteiger partial charge in [0.25, 0.3) is 6.01 Å². The highest BCUT2D eigenvalue weighted by Crippen LogP contribution is 2.27. The van der Waals surface area contributed by atoms with Crippen LogP contribution in [0.3, 0.4) is 0 Å². The first-order valence-electron chi connectivity index (χ1n) is 11.6. The van der Waals surface area contributed by atoms with Crippen LogP contribution >= 0.6 is 0 Å². The van der Waals surface area contributed by atoms with Crippen molar-refractivity contribution in [1.82, 2.24) is 19.9 Å². The van der Waals surface area contributed by atoms with Crippen LogP contribution in [-0.2, 0) is 6.54 Å². The normalized spacial score (nSPS) is 11.1. The van der Waals surface area contributed by atoms with Gasteiger partial charge >= 0.3 is 12.1 Å². The van der Waals surface area contributed by atoms with Gasteiger partial charge in [-0.25, -0.2) is 4.79 Å². The van der Waals surface area contributed by atoms with Crippen molar-refractivity contribution in [2.45, 2.75) is 26.5 Å². The third-order valence-electron chi connectivity index (χ3n) is 5.07. The number of aryl methyl sites for hydroxylation is 1. The van der Waals surface area contributed by atoms with Gasteiger partial charge in [0.1, 0.15) is 30.4 Å². The molecule has 0 radical (unpaired) electrons. The molecule has 2 amide bonds. The molecule has 3 rings (SSSR count). The lowest BCUT2D eigenvalue weighted by atomic mass is 10.2. The average Bonchev–Trinajstić information content (AvgIpc) is 3.22. The van der Waals surface area contributed by atoms with E-state index in [9.17, 15) is 18.4 Å². The summed E-state index contributed by atoms with van der Waals surface area (Å²) in [5.41, 5.74) is 1.68. The molecule has 2 aromatic heterocycles. The number of nitrogens with zero attached hydrogens (tertiary/aromatic N) is 4. The van der Waals surface area contributed by atoms with Crippen molar-refractivity contribution in [2.24, 2.45) is 0 Å². The molecule has 2 N–H and O–H groups in total. The molecule has 0 atom stereocenters. The van der Waals surface area contributed by atoms with Gasteiger partial charge in [-0.05, 0) is 30.7 Å². The van der Waals surface area contributed by atoms with Gasteiger partial charge in [-0.2, -0.15) is 13.8 Å². The highest BCUT2D eigenvalue weighted by molar-refractivity contribution is 5.95. The van der Waals surface area contributed by atoms with Crippen molar-refractivity contribution in [3.8, 4) is 17.5 Å². The molecule has 0 unspecified atom stereocenters. The number of aldehydes is 1. The van der Waals surface area contributed by atoms with Crippen LogP contribution in [0.4, 0.5) is 19.4 Å². The Kier molecular flexibility index (Phi) is 9.55. The van der Waals surface area contributed by atoms with Gasteiger partial charge in [0.15, 0.2) is 12.1 Å². The molecule has 2 heterocycles. The van der Waals surface area contributed by atoms with E-state index in [2.05, 4.69) is 20.0 Å². The second-order valence-electron chi connectivity index (χ2n) is 8.21. The minimum absolute atomic E-state index is 0.0174. The Morgan fingerprint density at radius 2 is 1.95 bits per heavy atom. The van der Waals surface area contributed by atoms with Crippen LogP contribution in [0.5, 0.6) is 17.5 Å². The van der Waals surface area contributed by atoms with E-state index in [-0.39, 0.29) is 56.2 Å². The fourth-order valence-corrected chi connectivity index (χ4v) is 3.34.